The summed E-state index contributed by atoms with van der Waals surface area (Å²) in [7, 11) is 0. The van der Waals surface area contributed by atoms with Crippen molar-refractivity contribution in [2.45, 2.75) is 89.6 Å². The molecule has 3 aliphatic rings. The standard InChI is InChI=1S/C21H36O/c1-2-17-10-14-21(22-16-17)15-11-18-8-12-20(13-9-18)19-6-4-3-5-7-19/h2,17-21H,1,3-16H2. The Balaban J connectivity index is 1.31. The van der Waals surface area contributed by atoms with E-state index in [1.807, 2.05) is 0 Å². The summed E-state index contributed by atoms with van der Waals surface area (Å²) < 4.78 is 6.02. The molecule has 0 amide bonds. The van der Waals surface area contributed by atoms with Gasteiger partial charge >= 0.3 is 0 Å². The number of rotatable bonds is 5. The highest BCUT2D eigenvalue weighted by atomic mass is 16.5. The van der Waals surface area contributed by atoms with Gasteiger partial charge in [0.25, 0.3) is 0 Å². The van der Waals surface area contributed by atoms with Gasteiger partial charge in [-0.25, -0.2) is 0 Å². The third kappa shape index (κ3) is 4.60. The molecule has 0 spiro atoms. The van der Waals surface area contributed by atoms with Crippen molar-refractivity contribution in [3.05, 3.63) is 12.7 Å². The molecule has 0 N–H and O–H groups in total. The Morgan fingerprint density at radius 3 is 2.14 bits per heavy atom. The van der Waals surface area contributed by atoms with Gasteiger partial charge in [0, 0.05) is 5.92 Å². The number of hydrogen-bond donors (Lipinski definition) is 0. The molecule has 1 nitrogen and oxygen atoms in total. The summed E-state index contributed by atoms with van der Waals surface area (Å²) in [5.74, 6) is 3.78. The molecule has 0 aromatic heterocycles. The fourth-order valence-corrected chi connectivity index (χ4v) is 5.22. The van der Waals surface area contributed by atoms with E-state index in [0.717, 1.165) is 24.4 Å². The summed E-state index contributed by atoms with van der Waals surface area (Å²) in [4.78, 5) is 0. The molecule has 2 atom stereocenters. The van der Waals surface area contributed by atoms with Gasteiger partial charge < -0.3 is 4.74 Å². The fourth-order valence-electron chi connectivity index (χ4n) is 5.22. The van der Waals surface area contributed by atoms with Crippen LogP contribution in [0.25, 0.3) is 0 Å². The van der Waals surface area contributed by atoms with E-state index in [-0.39, 0.29) is 0 Å². The lowest BCUT2D eigenvalue weighted by molar-refractivity contribution is -0.0125. The summed E-state index contributed by atoms with van der Waals surface area (Å²) >= 11 is 0. The highest BCUT2D eigenvalue weighted by Gasteiger charge is 2.29. The first kappa shape index (κ1) is 16.6. The molecule has 3 rings (SSSR count). The zero-order valence-corrected chi connectivity index (χ0v) is 14.5. The van der Waals surface area contributed by atoms with Crippen LogP contribution in [0.3, 0.4) is 0 Å². The van der Waals surface area contributed by atoms with Gasteiger partial charge in [-0.1, -0.05) is 51.0 Å². The maximum Gasteiger partial charge on any atom is 0.0575 e. The number of hydrogen-bond acceptors (Lipinski definition) is 1. The Labute approximate surface area is 137 Å². The summed E-state index contributed by atoms with van der Waals surface area (Å²) in [5, 5.41) is 0. The smallest absolute Gasteiger partial charge is 0.0575 e. The van der Waals surface area contributed by atoms with Gasteiger partial charge in [-0.3, -0.25) is 0 Å². The predicted octanol–water partition coefficient (Wildman–Crippen LogP) is 6.13. The highest BCUT2D eigenvalue weighted by Crippen LogP contribution is 2.41. The van der Waals surface area contributed by atoms with Crippen LogP contribution in [-0.2, 0) is 4.74 Å². The lowest BCUT2D eigenvalue weighted by Gasteiger charge is -2.36. The molecule has 0 radical (unpaired) electrons. The van der Waals surface area contributed by atoms with Gasteiger partial charge in [0.2, 0.25) is 0 Å². The van der Waals surface area contributed by atoms with Gasteiger partial charge in [0.1, 0.15) is 0 Å². The molecule has 2 saturated carbocycles. The fraction of sp³-hybridized carbons (Fsp3) is 0.905. The van der Waals surface area contributed by atoms with Crippen LogP contribution in [0.15, 0.2) is 12.7 Å². The first-order valence-corrected chi connectivity index (χ1v) is 10.1. The van der Waals surface area contributed by atoms with Gasteiger partial charge in [0.05, 0.1) is 12.7 Å². The van der Waals surface area contributed by atoms with Crippen LogP contribution in [0.2, 0.25) is 0 Å². The Bertz CT molecular complexity index is 315. The molecular weight excluding hydrogens is 268 g/mol. The second-order valence-electron chi connectivity index (χ2n) is 8.28. The van der Waals surface area contributed by atoms with Crippen molar-refractivity contribution in [2.75, 3.05) is 6.61 Å². The normalized spacial score (nSPS) is 37.8. The van der Waals surface area contributed by atoms with Crippen LogP contribution in [0.1, 0.15) is 83.5 Å². The molecule has 1 heteroatoms. The molecule has 1 aliphatic heterocycles. The van der Waals surface area contributed by atoms with Crippen LogP contribution in [0.4, 0.5) is 0 Å². The monoisotopic (exact) mass is 304 g/mol. The van der Waals surface area contributed by atoms with Gasteiger partial charge in [-0.05, 0) is 56.3 Å². The molecule has 2 unspecified atom stereocenters. The minimum atomic E-state index is 0.548. The van der Waals surface area contributed by atoms with E-state index in [1.54, 1.807) is 0 Å². The average molecular weight is 305 g/mol. The van der Waals surface area contributed by atoms with Gasteiger partial charge in [0.15, 0.2) is 0 Å². The van der Waals surface area contributed by atoms with Crippen molar-refractivity contribution in [3.63, 3.8) is 0 Å². The van der Waals surface area contributed by atoms with E-state index in [0.29, 0.717) is 12.0 Å². The Morgan fingerprint density at radius 2 is 1.50 bits per heavy atom. The summed E-state index contributed by atoms with van der Waals surface area (Å²) in [6, 6.07) is 0. The Hall–Kier alpha value is -0.300. The topological polar surface area (TPSA) is 9.23 Å². The highest BCUT2D eigenvalue weighted by molar-refractivity contribution is 4.84. The van der Waals surface area contributed by atoms with Crippen LogP contribution in [-0.4, -0.2) is 12.7 Å². The molecule has 0 aromatic rings. The third-order valence-electron chi connectivity index (χ3n) is 6.84. The van der Waals surface area contributed by atoms with Crippen molar-refractivity contribution < 1.29 is 4.74 Å². The van der Waals surface area contributed by atoms with Crippen molar-refractivity contribution in [1.29, 1.82) is 0 Å². The van der Waals surface area contributed by atoms with Crippen molar-refractivity contribution in [1.82, 2.24) is 0 Å². The zero-order chi connectivity index (χ0) is 15.2. The van der Waals surface area contributed by atoms with E-state index in [1.165, 1.54) is 83.5 Å². The SMILES string of the molecule is C=CC1CCC(CCC2CCC(C3CCCCC3)CC2)OC1. The minimum Gasteiger partial charge on any atom is -0.378 e. The first-order valence-electron chi connectivity index (χ1n) is 10.1. The second kappa shape index (κ2) is 8.52. The molecular formula is C21H36O. The maximum atomic E-state index is 6.02. The van der Waals surface area contributed by atoms with E-state index in [9.17, 15) is 0 Å². The molecule has 126 valence electrons. The molecule has 0 bridgehead atoms. The van der Waals surface area contributed by atoms with Gasteiger partial charge in [-0.2, -0.15) is 0 Å². The van der Waals surface area contributed by atoms with E-state index >= 15 is 0 Å². The zero-order valence-electron chi connectivity index (χ0n) is 14.5. The summed E-state index contributed by atoms with van der Waals surface area (Å²) in [6.07, 6.45) is 21.6. The molecule has 3 fully saturated rings. The average Bonchev–Trinajstić information content (AvgIpc) is 2.61. The van der Waals surface area contributed by atoms with Crippen LogP contribution in [0.5, 0.6) is 0 Å². The molecule has 1 saturated heterocycles. The first-order chi connectivity index (χ1) is 10.8. The van der Waals surface area contributed by atoms with Crippen molar-refractivity contribution in [3.8, 4) is 0 Å². The predicted molar refractivity (Wildman–Crippen MR) is 93.9 cm³/mol. The lowest BCUT2D eigenvalue weighted by Crippen LogP contribution is -2.27. The van der Waals surface area contributed by atoms with Crippen LogP contribution >= 0.6 is 0 Å². The van der Waals surface area contributed by atoms with Gasteiger partial charge in [-0.15, -0.1) is 6.58 Å². The molecule has 0 aromatic carbocycles. The summed E-state index contributed by atoms with van der Waals surface area (Å²) in [6.45, 7) is 4.81. The van der Waals surface area contributed by atoms with E-state index < -0.39 is 0 Å². The minimum absolute atomic E-state index is 0.548. The Kier molecular flexibility index (Phi) is 6.41. The van der Waals surface area contributed by atoms with Crippen molar-refractivity contribution in [2.24, 2.45) is 23.7 Å². The summed E-state index contributed by atoms with van der Waals surface area (Å²) in [5.41, 5.74) is 0. The molecule has 2 aliphatic carbocycles. The number of ether oxygens (including phenoxy) is 1. The largest absolute Gasteiger partial charge is 0.378 e. The van der Waals surface area contributed by atoms with E-state index in [4.69, 9.17) is 4.74 Å². The molecule has 1 heterocycles. The van der Waals surface area contributed by atoms with E-state index in [2.05, 4.69) is 12.7 Å². The lowest BCUT2D eigenvalue weighted by atomic mass is 9.70. The van der Waals surface area contributed by atoms with Crippen LogP contribution in [0, 0.1) is 23.7 Å². The Morgan fingerprint density at radius 1 is 0.773 bits per heavy atom. The molecule has 22 heavy (non-hydrogen) atoms. The van der Waals surface area contributed by atoms with Crippen molar-refractivity contribution >= 4 is 0 Å². The maximum absolute atomic E-state index is 6.02. The second-order valence-corrected chi connectivity index (χ2v) is 8.28. The quantitative estimate of drug-likeness (QED) is 0.555. The van der Waals surface area contributed by atoms with Crippen LogP contribution < -0.4 is 0 Å². The third-order valence-corrected chi connectivity index (χ3v) is 6.84.